The second kappa shape index (κ2) is 5.34. The van der Waals surface area contributed by atoms with E-state index < -0.39 is 5.97 Å². The fourth-order valence-electron chi connectivity index (χ4n) is 2.17. The Morgan fingerprint density at radius 3 is 2.44 bits per heavy atom. The van der Waals surface area contributed by atoms with E-state index in [1.807, 2.05) is 0 Å². The van der Waals surface area contributed by atoms with Crippen molar-refractivity contribution in [3.63, 3.8) is 0 Å². The maximum atomic E-state index is 11.5. The molecule has 0 amide bonds. The van der Waals surface area contributed by atoms with Gasteiger partial charge in [0.25, 0.3) is 0 Å². The molecule has 0 aromatic heterocycles. The summed E-state index contributed by atoms with van der Waals surface area (Å²) >= 11 is 0. The molecule has 18 heavy (non-hydrogen) atoms. The van der Waals surface area contributed by atoms with Gasteiger partial charge in [0, 0.05) is 6.42 Å². The third kappa shape index (κ3) is 2.97. The van der Waals surface area contributed by atoms with E-state index in [0.29, 0.717) is 25.2 Å². The molecule has 1 fully saturated rings. The summed E-state index contributed by atoms with van der Waals surface area (Å²) in [5.41, 5.74) is 2.41. The highest BCUT2D eigenvalue weighted by atomic mass is 16.6. The predicted octanol–water partition coefficient (Wildman–Crippen LogP) is 2.83. The summed E-state index contributed by atoms with van der Waals surface area (Å²) in [6.07, 6.45) is 1.61. The Balaban J connectivity index is 2.01. The highest BCUT2D eigenvalue weighted by Gasteiger charge is 2.28. The molecule has 0 spiro atoms. The fraction of sp³-hybridized carbons (Fsp3) is 0.467. The van der Waals surface area contributed by atoms with Crippen LogP contribution in [0.3, 0.4) is 0 Å². The molecule has 2 rings (SSSR count). The lowest BCUT2D eigenvalue weighted by Crippen LogP contribution is -2.29. The van der Waals surface area contributed by atoms with Crippen LogP contribution in [0.25, 0.3) is 0 Å². The van der Waals surface area contributed by atoms with E-state index in [-0.39, 0.29) is 11.9 Å². The Labute approximate surface area is 107 Å². The number of cyclic esters (lactones) is 2. The molecule has 0 N–H and O–H groups in total. The van der Waals surface area contributed by atoms with Crippen molar-refractivity contribution in [2.24, 2.45) is 5.92 Å². The number of rotatable bonds is 3. The van der Waals surface area contributed by atoms with Crippen molar-refractivity contribution in [3.8, 4) is 0 Å². The van der Waals surface area contributed by atoms with Crippen LogP contribution in [-0.2, 0) is 20.7 Å². The van der Waals surface area contributed by atoms with Crippen molar-refractivity contribution in [1.82, 2.24) is 0 Å². The molecule has 1 atom stereocenters. The maximum absolute atomic E-state index is 11.5. The van der Waals surface area contributed by atoms with E-state index in [4.69, 9.17) is 0 Å². The highest BCUT2D eigenvalue weighted by molar-refractivity contribution is 5.89. The van der Waals surface area contributed by atoms with E-state index in [1.54, 1.807) is 0 Å². The Morgan fingerprint density at radius 2 is 1.89 bits per heavy atom. The Bertz CT molecular complexity index is 445. The van der Waals surface area contributed by atoms with Crippen LogP contribution in [-0.4, -0.2) is 11.9 Å². The van der Waals surface area contributed by atoms with Crippen LogP contribution in [0.5, 0.6) is 0 Å². The second-order valence-electron chi connectivity index (χ2n) is 5.13. The van der Waals surface area contributed by atoms with Crippen LogP contribution in [0.15, 0.2) is 24.3 Å². The lowest BCUT2D eigenvalue weighted by atomic mass is 9.92. The van der Waals surface area contributed by atoms with Crippen LogP contribution in [0.4, 0.5) is 0 Å². The van der Waals surface area contributed by atoms with E-state index >= 15 is 0 Å². The molecule has 1 heterocycles. The van der Waals surface area contributed by atoms with Crippen LogP contribution < -0.4 is 0 Å². The van der Waals surface area contributed by atoms with Gasteiger partial charge in [0.1, 0.15) is 0 Å². The molecule has 1 aromatic carbocycles. The minimum atomic E-state index is -0.397. The zero-order valence-corrected chi connectivity index (χ0v) is 10.8. The van der Waals surface area contributed by atoms with Crippen LogP contribution in [0.1, 0.15) is 43.7 Å². The van der Waals surface area contributed by atoms with Crippen molar-refractivity contribution in [1.29, 1.82) is 0 Å². The van der Waals surface area contributed by atoms with E-state index in [1.165, 1.54) is 5.56 Å². The monoisotopic (exact) mass is 246 g/mol. The molecule has 1 aliphatic rings. The number of hydrogen-bond donors (Lipinski definition) is 0. The normalized spacial score (nSPS) is 20.1. The number of ether oxygens (including phenoxy) is 1. The molecule has 0 radical (unpaired) electrons. The maximum Gasteiger partial charge on any atom is 0.316 e. The molecule has 0 saturated carbocycles. The molecule has 1 saturated heterocycles. The first-order chi connectivity index (χ1) is 8.56. The van der Waals surface area contributed by atoms with Gasteiger partial charge in [-0.3, -0.25) is 9.59 Å². The Morgan fingerprint density at radius 1 is 1.22 bits per heavy atom. The average molecular weight is 246 g/mol. The number of benzene rings is 1. The molecule has 1 unspecified atom stereocenters. The average Bonchev–Trinajstić information content (AvgIpc) is 2.33. The standard InChI is InChI=1S/C15H18O3/c1-10(2)12-5-3-11(4-6-12)9-13-7-8-14(16)18-15(13)17/h3-6,10,13H,7-9H2,1-2H3. The van der Waals surface area contributed by atoms with Gasteiger partial charge in [0.15, 0.2) is 0 Å². The van der Waals surface area contributed by atoms with E-state index in [0.717, 1.165) is 5.56 Å². The summed E-state index contributed by atoms with van der Waals surface area (Å²) in [6, 6.07) is 8.30. The van der Waals surface area contributed by atoms with E-state index in [2.05, 4.69) is 42.8 Å². The summed E-state index contributed by atoms with van der Waals surface area (Å²) in [6.45, 7) is 4.30. The molecule has 96 valence electrons. The summed E-state index contributed by atoms with van der Waals surface area (Å²) in [5.74, 6) is -0.436. The zero-order chi connectivity index (χ0) is 13.1. The van der Waals surface area contributed by atoms with E-state index in [9.17, 15) is 9.59 Å². The quantitative estimate of drug-likeness (QED) is 0.608. The minimum absolute atomic E-state index is 0.174. The van der Waals surface area contributed by atoms with Gasteiger partial charge in [0.2, 0.25) is 0 Å². The SMILES string of the molecule is CC(C)c1ccc(CC2CCC(=O)OC2=O)cc1. The van der Waals surface area contributed by atoms with Gasteiger partial charge in [-0.1, -0.05) is 38.1 Å². The Kier molecular flexibility index (Phi) is 3.80. The van der Waals surface area contributed by atoms with Crippen LogP contribution in [0, 0.1) is 5.92 Å². The molecule has 3 nitrogen and oxygen atoms in total. The smallest absolute Gasteiger partial charge is 0.316 e. The first kappa shape index (κ1) is 12.8. The minimum Gasteiger partial charge on any atom is -0.393 e. The van der Waals surface area contributed by atoms with Gasteiger partial charge in [-0.2, -0.15) is 0 Å². The van der Waals surface area contributed by atoms with Gasteiger partial charge in [-0.15, -0.1) is 0 Å². The molecular formula is C15H18O3. The van der Waals surface area contributed by atoms with Crippen molar-refractivity contribution in [2.75, 3.05) is 0 Å². The number of esters is 2. The number of carbonyl (C=O) groups excluding carboxylic acids is 2. The molecule has 0 bridgehead atoms. The van der Waals surface area contributed by atoms with Crippen LogP contribution in [0.2, 0.25) is 0 Å². The highest BCUT2D eigenvalue weighted by Crippen LogP contribution is 2.22. The lowest BCUT2D eigenvalue weighted by molar-refractivity contribution is -0.167. The van der Waals surface area contributed by atoms with Crippen molar-refractivity contribution in [2.45, 2.75) is 39.0 Å². The Hall–Kier alpha value is -1.64. The third-order valence-electron chi connectivity index (χ3n) is 3.37. The molecule has 0 aliphatic carbocycles. The van der Waals surface area contributed by atoms with Crippen molar-refractivity contribution < 1.29 is 14.3 Å². The summed E-state index contributed by atoms with van der Waals surface area (Å²) in [5, 5.41) is 0. The fourth-order valence-corrected chi connectivity index (χ4v) is 2.17. The predicted molar refractivity (Wildman–Crippen MR) is 68.1 cm³/mol. The molecule has 1 aliphatic heterocycles. The molecule has 3 heteroatoms. The topological polar surface area (TPSA) is 43.4 Å². The van der Waals surface area contributed by atoms with Gasteiger partial charge in [-0.25, -0.2) is 0 Å². The largest absolute Gasteiger partial charge is 0.393 e. The second-order valence-corrected chi connectivity index (χ2v) is 5.13. The summed E-state index contributed by atoms with van der Waals surface area (Å²) < 4.78 is 4.66. The van der Waals surface area contributed by atoms with Crippen LogP contribution >= 0.6 is 0 Å². The van der Waals surface area contributed by atoms with Crippen molar-refractivity contribution in [3.05, 3.63) is 35.4 Å². The summed E-state index contributed by atoms with van der Waals surface area (Å²) in [4.78, 5) is 22.5. The number of hydrogen-bond acceptors (Lipinski definition) is 3. The third-order valence-corrected chi connectivity index (χ3v) is 3.37. The first-order valence-corrected chi connectivity index (χ1v) is 6.39. The first-order valence-electron chi connectivity index (χ1n) is 6.39. The molecular weight excluding hydrogens is 228 g/mol. The van der Waals surface area contributed by atoms with Gasteiger partial charge in [-0.05, 0) is 29.9 Å². The molecule has 1 aromatic rings. The lowest BCUT2D eigenvalue weighted by Gasteiger charge is -2.19. The van der Waals surface area contributed by atoms with Gasteiger partial charge in [0.05, 0.1) is 5.92 Å². The number of carbonyl (C=O) groups is 2. The van der Waals surface area contributed by atoms with Gasteiger partial charge < -0.3 is 4.74 Å². The summed E-state index contributed by atoms with van der Waals surface area (Å²) in [7, 11) is 0. The van der Waals surface area contributed by atoms with Crippen molar-refractivity contribution >= 4 is 11.9 Å². The van der Waals surface area contributed by atoms with Gasteiger partial charge >= 0.3 is 11.9 Å². The zero-order valence-electron chi connectivity index (χ0n) is 10.8.